The maximum absolute atomic E-state index is 9.12. The lowest BCUT2D eigenvalue weighted by Crippen LogP contribution is -2.17. The first-order valence-electron chi connectivity index (χ1n) is 3.47. The molecule has 1 N–H and O–H groups in total. The van der Waals surface area contributed by atoms with Crippen LogP contribution in [0.1, 0.15) is 25.7 Å². The fourth-order valence-electron chi connectivity index (χ4n) is 1.32. The molecule has 0 aromatic carbocycles. The second-order valence-corrected chi connectivity index (χ2v) is 2.68. The molecule has 0 spiro atoms. The van der Waals surface area contributed by atoms with Crippen molar-refractivity contribution in [3.05, 3.63) is 0 Å². The van der Waals surface area contributed by atoms with E-state index in [0.717, 1.165) is 25.7 Å². The Morgan fingerprint density at radius 3 is 2.67 bits per heavy atom. The fourth-order valence-corrected chi connectivity index (χ4v) is 1.32. The molecule has 0 radical (unpaired) electrons. The zero-order chi connectivity index (χ0) is 6.69. The summed E-state index contributed by atoms with van der Waals surface area (Å²) in [5, 5.41) is 9.12. The molecular formula is C8H12O. The van der Waals surface area contributed by atoms with E-state index in [0.29, 0.717) is 5.92 Å². The van der Waals surface area contributed by atoms with Crippen LogP contribution in [0.2, 0.25) is 0 Å². The highest BCUT2D eigenvalue weighted by Gasteiger charge is 2.17. The van der Waals surface area contributed by atoms with Crippen molar-refractivity contribution in [2.24, 2.45) is 5.92 Å². The van der Waals surface area contributed by atoms with Crippen LogP contribution in [0.25, 0.3) is 0 Å². The first kappa shape index (κ1) is 6.64. The Hall–Kier alpha value is -0.480. The van der Waals surface area contributed by atoms with Crippen LogP contribution in [-0.2, 0) is 0 Å². The third kappa shape index (κ3) is 1.73. The van der Waals surface area contributed by atoms with Crippen LogP contribution in [0.3, 0.4) is 0 Å². The Morgan fingerprint density at radius 1 is 1.44 bits per heavy atom. The molecule has 1 fully saturated rings. The van der Waals surface area contributed by atoms with Gasteiger partial charge in [-0.25, -0.2) is 0 Å². The standard InChI is InChI=1S/C8H12O/c1-2-7-4-3-5-8(9)6-7/h1,7-9H,3-6H2. The molecule has 0 aromatic rings. The van der Waals surface area contributed by atoms with Gasteiger partial charge in [-0.15, -0.1) is 12.3 Å². The fraction of sp³-hybridized carbons (Fsp3) is 0.750. The number of hydrogen-bond acceptors (Lipinski definition) is 1. The van der Waals surface area contributed by atoms with Gasteiger partial charge in [0.05, 0.1) is 6.10 Å². The van der Waals surface area contributed by atoms with Gasteiger partial charge in [0.1, 0.15) is 0 Å². The molecule has 1 saturated carbocycles. The van der Waals surface area contributed by atoms with Gasteiger partial charge < -0.3 is 5.11 Å². The van der Waals surface area contributed by atoms with E-state index in [1.807, 2.05) is 0 Å². The van der Waals surface area contributed by atoms with Gasteiger partial charge in [0.15, 0.2) is 0 Å². The first-order chi connectivity index (χ1) is 4.33. The highest BCUT2D eigenvalue weighted by atomic mass is 16.3. The first-order valence-corrected chi connectivity index (χ1v) is 3.47. The van der Waals surface area contributed by atoms with Crippen molar-refractivity contribution >= 4 is 0 Å². The highest BCUT2D eigenvalue weighted by molar-refractivity contribution is 4.95. The van der Waals surface area contributed by atoms with Crippen LogP contribution in [0.4, 0.5) is 0 Å². The van der Waals surface area contributed by atoms with Gasteiger partial charge in [0.25, 0.3) is 0 Å². The minimum atomic E-state index is -0.125. The minimum absolute atomic E-state index is 0.125. The summed E-state index contributed by atoms with van der Waals surface area (Å²) < 4.78 is 0. The van der Waals surface area contributed by atoms with Crippen LogP contribution >= 0.6 is 0 Å². The summed E-state index contributed by atoms with van der Waals surface area (Å²) in [5.74, 6) is 3.02. The third-order valence-corrected chi connectivity index (χ3v) is 1.88. The largest absolute Gasteiger partial charge is 0.393 e. The lowest BCUT2D eigenvalue weighted by Gasteiger charge is -2.21. The molecule has 0 amide bonds. The Labute approximate surface area is 56.1 Å². The lowest BCUT2D eigenvalue weighted by molar-refractivity contribution is 0.115. The molecule has 0 saturated heterocycles. The van der Waals surface area contributed by atoms with Crippen molar-refractivity contribution in [3.8, 4) is 12.3 Å². The van der Waals surface area contributed by atoms with Gasteiger partial charge in [0.2, 0.25) is 0 Å². The van der Waals surface area contributed by atoms with Gasteiger partial charge in [-0.2, -0.15) is 0 Å². The van der Waals surface area contributed by atoms with Crippen LogP contribution in [0, 0.1) is 18.3 Å². The van der Waals surface area contributed by atoms with E-state index in [1.54, 1.807) is 0 Å². The molecule has 1 aliphatic carbocycles. The van der Waals surface area contributed by atoms with E-state index >= 15 is 0 Å². The van der Waals surface area contributed by atoms with Crippen LogP contribution in [0.15, 0.2) is 0 Å². The topological polar surface area (TPSA) is 20.2 Å². The maximum atomic E-state index is 9.12. The number of aliphatic hydroxyl groups excluding tert-OH is 1. The Morgan fingerprint density at radius 2 is 2.22 bits per heavy atom. The summed E-state index contributed by atoms with van der Waals surface area (Å²) in [7, 11) is 0. The van der Waals surface area contributed by atoms with Crippen LogP contribution in [-0.4, -0.2) is 11.2 Å². The zero-order valence-electron chi connectivity index (χ0n) is 5.51. The van der Waals surface area contributed by atoms with Crippen LogP contribution < -0.4 is 0 Å². The summed E-state index contributed by atoms with van der Waals surface area (Å²) in [6.07, 6.45) is 9.04. The zero-order valence-corrected chi connectivity index (χ0v) is 5.51. The van der Waals surface area contributed by atoms with E-state index < -0.39 is 0 Å². The van der Waals surface area contributed by atoms with E-state index in [2.05, 4.69) is 5.92 Å². The van der Waals surface area contributed by atoms with Gasteiger partial charge in [-0.1, -0.05) is 0 Å². The molecule has 1 heteroatoms. The summed E-state index contributed by atoms with van der Waals surface area (Å²) >= 11 is 0. The molecule has 1 rings (SSSR count). The van der Waals surface area contributed by atoms with Crippen molar-refractivity contribution in [2.75, 3.05) is 0 Å². The minimum Gasteiger partial charge on any atom is -0.393 e. The van der Waals surface area contributed by atoms with E-state index in [4.69, 9.17) is 11.5 Å². The van der Waals surface area contributed by atoms with Gasteiger partial charge >= 0.3 is 0 Å². The van der Waals surface area contributed by atoms with Crippen molar-refractivity contribution in [1.82, 2.24) is 0 Å². The Balaban J connectivity index is 2.34. The Kier molecular flexibility index (Phi) is 2.13. The highest BCUT2D eigenvalue weighted by Crippen LogP contribution is 2.22. The molecule has 0 heterocycles. The van der Waals surface area contributed by atoms with Crippen molar-refractivity contribution in [3.63, 3.8) is 0 Å². The normalized spacial score (nSPS) is 35.6. The van der Waals surface area contributed by atoms with Crippen molar-refractivity contribution < 1.29 is 5.11 Å². The quantitative estimate of drug-likeness (QED) is 0.481. The second-order valence-electron chi connectivity index (χ2n) is 2.68. The van der Waals surface area contributed by atoms with Crippen molar-refractivity contribution in [1.29, 1.82) is 0 Å². The number of rotatable bonds is 0. The second kappa shape index (κ2) is 2.89. The number of aliphatic hydroxyl groups is 1. The lowest BCUT2D eigenvalue weighted by atomic mass is 9.88. The number of terminal acetylenes is 1. The maximum Gasteiger partial charge on any atom is 0.0552 e. The average Bonchev–Trinajstić information content (AvgIpc) is 1.88. The predicted octanol–water partition coefficient (Wildman–Crippen LogP) is 1.17. The monoisotopic (exact) mass is 124 g/mol. The van der Waals surface area contributed by atoms with E-state index in [9.17, 15) is 0 Å². The molecule has 1 aliphatic rings. The smallest absolute Gasteiger partial charge is 0.0552 e. The molecule has 2 atom stereocenters. The molecule has 50 valence electrons. The van der Waals surface area contributed by atoms with E-state index in [-0.39, 0.29) is 6.10 Å². The van der Waals surface area contributed by atoms with E-state index in [1.165, 1.54) is 0 Å². The van der Waals surface area contributed by atoms with Gasteiger partial charge in [-0.05, 0) is 25.7 Å². The van der Waals surface area contributed by atoms with Gasteiger partial charge in [0, 0.05) is 5.92 Å². The third-order valence-electron chi connectivity index (χ3n) is 1.88. The summed E-state index contributed by atoms with van der Waals surface area (Å²) in [6, 6.07) is 0. The molecule has 0 bridgehead atoms. The molecule has 9 heavy (non-hydrogen) atoms. The summed E-state index contributed by atoms with van der Waals surface area (Å²) in [5.41, 5.74) is 0. The number of hydrogen-bond donors (Lipinski definition) is 1. The Bertz CT molecular complexity index is 123. The summed E-state index contributed by atoms with van der Waals surface area (Å²) in [4.78, 5) is 0. The van der Waals surface area contributed by atoms with Crippen LogP contribution in [0.5, 0.6) is 0 Å². The molecular weight excluding hydrogens is 112 g/mol. The molecule has 2 unspecified atom stereocenters. The molecule has 0 aliphatic heterocycles. The summed E-state index contributed by atoms with van der Waals surface area (Å²) in [6.45, 7) is 0. The average molecular weight is 124 g/mol. The predicted molar refractivity (Wildman–Crippen MR) is 36.8 cm³/mol. The molecule has 0 aromatic heterocycles. The van der Waals surface area contributed by atoms with Gasteiger partial charge in [-0.3, -0.25) is 0 Å². The molecule has 1 nitrogen and oxygen atoms in total. The SMILES string of the molecule is C#CC1CCCC(O)C1. The van der Waals surface area contributed by atoms with Crippen molar-refractivity contribution in [2.45, 2.75) is 31.8 Å².